The SMILES string of the molecule is CNC(=O)C(C)NC(=O)c1cccc(NC)c1[N+](=O)[O-]. The summed E-state index contributed by atoms with van der Waals surface area (Å²) in [5.41, 5.74) is -0.190. The molecule has 0 saturated heterocycles. The fourth-order valence-electron chi connectivity index (χ4n) is 1.68. The average Bonchev–Trinajstić information content (AvgIpc) is 2.44. The monoisotopic (exact) mass is 280 g/mol. The maximum atomic E-state index is 12.0. The number of amides is 2. The van der Waals surface area contributed by atoms with Crippen LogP contribution in [0, 0.1) is 10.1 Å². The third-order valence-corrected chi connectivity index (χ3v) is 2.72. The van der Waals surface area contributed by atoms with Crippen LogP contribution in [0.4, 0.5) is 11.4 Å². The van der Waals surface area contributed by atoms with Gasteiger partial charge in [-0.25, -0.2) is 0 Å². The lowest BCUT2D eigenvalue weighted by Crippen LogP contribution is -2.43. The molecule has 1 atom stereocenters. The van der Waals surface area contributed by atoms with E-state index in [1.165, 1.54) is 39.2 Å². The smallest absolute Gasteiger partial charge is 0.305 e. The molecule has 8 heteroatoms. The number of hydrogen-bond acceptors (Lipinski definition) is 5. The molecular weight excluding hydrogens is 264 g/mol. The Hall–Kier alpha value is -2.64. The van der Waals surface area contributed by atoms with Gasteiger partial charge in [-0.15, -0.1) is 0 Å². The summed E-state index contributed by atoms with van der Waals surface area (Å²) in [6, 6.07) is 3.57. The molecule has 20 heavy (non-hydrogen) atoms. The molecule has 0 spiro atoms. The van der Waals surface area contributed by atoms with Crippen molar-refractivity contribution in [3.05, 3.63) is 33.9 Å². The molecule has 0 saturated carbocycles. The topological polar surface area (TPSA) is 113 Å². The molecule has 0 aliphatic carbocycles. The Kier molecular flexibility index (Phi) is 5.01. The van der Waals surface area contributed by atoms with Crippen LogP contribution in [0.15, 0.2) is 18.2 Å². The van der Waals surface area contributed by atoms with Gasteiger partial charge >= 0.3 is 5.69 Å². The Morgan fingerprint density at radius 1 is 1.30 bits per heavy atom. The lowest BCUT2D eigenvalue weighted by molar-refractivity contribution is -0.384. The summed E-state index contributed by atoms with van der Waals surface area (Å²) in [6.45, 7) is 1.49. The van der Waals surface area contributed by atoms with Crippen LogP contribution in [0.3, 0.4) is 0 Å². The Balaban J connectivity index is 3.10. The number of nitrogens with one attached hydrogen (secondary N) is 3. The molecule has 0 radical (unpaired) electrons. The van der Waals surface area contributed by atoms with E-state index in [0.717, 1.165) is 0 Å². The fraction of sp³-hybridized carbons (Fsp3) is 0.333. The van der Waals surface area contributed by atoms with E-state index in [-0.39, 0.29) is 22.8 Å². The van der Waals surface area contributed by atoms with E-state index >= 15 is 0 Å². The molecule has 0 aromatic heterocycles. The lowest BCUT2D eigenvalue weighted by Gasteiger charge is -2.13. The van der Waals surface area contributed by atoms with Crippen LogP contribution in [0.5, 0.6) is 0 Å². The number of nitro benzene ring substituents is 1. The van der Waals surface area contributed by atoms with Gasteiger partial charge in [0.1, 0.15) is 17.3 Å². The second-order valence-electron chi connectivity index (χ2n) is 4.02. The summed E-state index contributed by atoms with van der Waals surface area (Å²) in [6.07, 6.45) is 0. The highest BCUT2D eigenvalue weighted by Crippen LogP contribution is 2.28. The molecule has 1 aromatic carbocycles. The van der Waals surface area contributed by atoms with Crippen molar-refractivity contribution in [1.29, 1.82) is 0 Å². The van der Waals surface area contributed by atoms with Crippen LogP contribution in [-0.2, 0) is 4.79 Å². The zero-order valence-corrected chi connectivity index (χ0v) is 11.4. The number of nitrogens with zero attached hydrogens (tertiary/aromatic N) is 1. The summed E-state index contributed by atoms with van der Waals surface area (Å²) in [4.78, 5) is 33.8. The minimum absolute atomic E-state index is 0.0994. The zero-order valence-electron chi connectivity index (χ0n) is 11.4. The third kappa shape index (κ3) is 3.22. The van der Waals surface area contributed by atoms with Gasteiger partial charge < -0.3 is 16.0 Å². The molecule has 108 valence electrons. The van der Waals surface area contributed by atoms with Crippen LogP contribution in [0.2, 0.25) is 0 Å². The first-order chi connectivity index (χ1) is 9.42. The number of para-hydroxylation sites is 1. The van der Waals surface area contributed by atoms with Crippen LogP contribution in [0.25, 0.3) is 0 Å². The van der Waals surface area contributed by atoms with Crippen LogP contribution in [0.1, 0.15) is 17.3 Å². The second-order valence-corrected chi connectivity index (χ2v) is 4.02. The normalized spacial score (nSPS) is 11.3. The van der Waals surface area contributed by atoms with Gasteiger partial charge in [-0.2, -0.15) is 0 Å². The number of carbonyl (C=O) groups excluding carboxylic acids is 2. The number of rotatable bonds is 5. The predicted molar refractivity (Wildman–Crippen MR) is 73.6 cm³/mol. The number of likely N-dealkylation sites (N-methyl/N-ethyl adjacent to an activating group) is 1. The van der Waals surface area contributed by atoms with Gasteiger partial charge in [-0.3, -0.25) is 19.7 Å². The zero-order chi connectivity index (χ0) is 15.3. The molecule has 0 heterocycles. The standard InChI is InChI=1S/C12H16N4O4/c1-7(11(17)14-3)15-12(18)8-5-4-6-9(13-2)10(8)16(19)20/h4-7,13H,1-3H3,(H,14,17)(H,15,18). The Bertz CT molecular complexity index is 544. The van der Waals surface area contributed by atoms with Crippen LogP contribution in [-0.4, -0.2) is 36.9 Å². The van der Waals surface area contributed by atoms with E-state index in [1.807, 2.05) is 0 Å². The van der Waals surface area contributed by atoms with Crippen molar-refractivity contribution in [3.8, 4) is 0 Å². The molecule has 0 bridgehead atoms. The van der Waals surface area contributed by atoms with Crippen molar-refractivity contribution in [2.24, 2.45) is 0 Å². The largest absolute Gasteiger partial charge is 0.383 e. The number of anilines is 1. The van der Waals surface area contributed by atoms with Crippen molar-refractivity contribution in [2.45, 2.75) is 13.0 Å². The molecule has 0 fully saturated rings. The van der Waals surface area contributed by atoms with Crippen molar-refractivity contribution in [1.82, 2.24) is 10.6 Å². The molecule has 8 nitrogen and oxygen atoms in total. The van der Waals surface area contributed by atoms with Gasteiger partial charge in [0.25, 0.3) is 5.91 Å². The van der Waals surface area contributed by atoms with E-state index in [1.54, 1.807) is 0 Å². The third-order valence-electron chi connectivity index (χ3n) is 2.72. The summed E-state index contributed by atoms with van der Waals surface area (Å²) < 4.78 is 0. The van der Waals surface area contributed by atoms with Crippen molar-refractivity contribution in [3.63, 3.8) is 0 Å². The molecule has 2 amide bonds. The van der Waals surface area contributed by atoms with Crippen LogP contribution < -0.4 is 16.0 Å². The Morgan fingerprint density at radius 2 is 1.95 bits per heavy atom. The maximum Gasteiger partial charge on any atom is 0.305 e. The second kappa shape index (κ2) is 6.50. The molecule has 3 N–H and O–H groups in total. The average molecular weight is 280 g/mol. The quantitative estimate of drug-likeness (QED) is 0.537. The number of nitro groups is 1. The minimum atomic E-state index is -0.787. The van der Waals surface area contributed by atoms with Gasteiger partial charge in [0.05, 0.1) is 4.92 Å². The van der Waals surface area contributed by atoms with Crippen molar-refractivity contribution < 1.29 is 14.5 Å². The van der Waals surface area contributed by atoms with E-state index in [2.05, 4.69) is 16.0 Å². The first-order valence-corrected chi connectivity index (χ1v) is 5.90. The Morgan fingerprint density at radius 3 is 2.45 bits per heavy atom. The van der Waals surface area contributed by atoms with Crippen molar-refractivity contribution >= 4 is 23.2 Å². The summed E-state index contributed by atoms with van der Waals surface area (Å²) in [5, 5.41) is 18.5. The molecule has 1 aromatic rings. The molecule has 0 aliphatic heterocycles. The van der Waals surface area contributed by atoms with Gasteiger partial charge in [0, 0.05) is 14.1 Å². The predicted octanol–water partition coefficient (Wildman–Crippen LogP) is 0.501. The van der Waals surface area contributed by atoms with Gasteiger partial charge in [0.15, 0.2) is 0 Å². The highest BCUT2D eigenvalue weighted by molar-refractivity contribution is 6.02. The maximum absolute atomic E-state index is 12.0. The summed E-state index contributed by atoms with van der Waals surface area (Å²) in [7, 11) is 2.96. The van der Waals surface area contributed by atoms with Crippen LogP contribution >= 0.6 is 0 Å². The van der Waals surface area contributed by atoms with E-state index < -0.39 is 16.9 Å². The Labute approximate surface area is 115 Å². The number of hydrogen-bond donors (Lipinski definition) is 3. The minimum Gasteiger partial charge on any atom is -0.383 e. The first-order valence-electron chi connectivity index (χ1n) is 5.90. The van der Waals surface area contributed by atoms with Gasteiger partial charge in [-0.05, 0) is 19.1 Å². The number of carbonyl (C=O) groups is 2. The molecule has 0 aliphatic rings. The summed E-state index contributed by atoms with van der Waals surface area (Å²) in [5.74, 6) is -1.06. The van der Waals surface area contributed by atoms with E-state index in [0.29, 0.717) is 0 Å². The molecule has 1 unspecified atom stereocenters. The molecular formula is C12H16N4O4. The van der Waals surface area contributed by atoms with E-state index in [4.69, 9.17) is 0 Å². The van der Waals surface area contributed by atoms with Crippen molar-refractivity contribution in [2.75, 3.05) is 19.4 Å². The highest BCUT2D eigenvalue weighted by atomic mass is 16.6. The van der Waals surface area contributed by atoms with E-state index in [9.17, 15) is 19.7 Å². The van der Waals surface area contributed by atoms with Gasteiger partial charge in [0.2, 0.25) is 5.91 Å². The first kappa shape index (κ1) is 15.4. The molecule has 1 rings (SSSR count). The van der Waals surface area contributed by atoms with Gasteiger partial charge in [-0.1, -0.05) is 6.07 Å². The number of benzene rings is 1. The lowest BCUT2D eigenvalue weighted by atomic mass is 10.1. The summed E-state index contributed by atoms with van der Waals surface area (Å²) >= 11 is 0. The fourth-order valence-corrected chi connectivity index (χ4v) is 1.68. The highest BCUT2D eigenvalue weighted by Gasteiger charge is 2.25.